The summed E-state index contributed by atoms with van der Waals surface area (Å²) in [4.78, 5) is 16.4. The van der Waals surface area contributed by atoms with E-state index in [4.69, 9.17) is 0 Å². The van der Waals surface area contributed by atoms with Gasteiger partial charge in [-0.05, 0) is 41.5 Å². The molecule has 3 heteroatoms. The number of fused-ring (bicyclic) bond motifs is 1. The van der Waals surface area contributed by atoms with E-state index in [1.54, 1.807) is 0 Å². The highest BCUT2D eigenvalue weighted by atomic mass is 32.1. The molecule has 1 aliphatic rings. The zero-order valence-electron chi connectivity index (χ0n) is 12.6. The first kappa shape index (κ1) is 14.5. The van der Waals surface area contributed by atoms with Crippen LogP contribution in [0.1, 0.15) is 41.0 Å². The molecule has 1 atom stereocenters. The maximum absolute atomic E-state index is 12.6. The molecule has 2 aromatic rings. The summed E-state index contributed by atoms with van der Waals surface area (Å²) in [5, 5.41) is 2.17. The first-order valence-electron chi connectivity index (χ1n) is 7.58. The quantitative estimate of drug-likeness (QED) is 0.846. The van der Waals surface area contributed by atoms with Crippen molar-refractivity contribution in [3.05, 3.63) is 57.3 Å². The van der Waals surface area contributed by atoms with E-state index in [1.807, 2.05) is 30.4 Å². The number of carbonyl (C=O) groups excluding carboxylic acids is 1. The summed E-state index contributed by atoms with van der Waals surface area (Å²) >= 11 is 1.84. The van der Waals surface area contributed by atoms with Crippen molar-refractivity contribution in [2.24, 2.45) is 0 Å². The van der Waals surface area contributed by atoms with E-state index in [-0.39, 0.29) is 6.04 Å². The Morgan fingerprint density at radius 1 is 1.33 bits per heavy atom. The SMILES string of the molecule is CCC(=O)C(c1ccccc1C)N1CCc2sccc2C1. The molecule has 3 rings (SSSR count). The fourth-order valence-corrected chi connectivity index (χ4v) is 4.04. The second-order valence-corrected chi connectivity index (χ2v) is 6.67. The molecule has 0 N–H and O–H groups in total. The summed E-state index contributed by atoms with van der Waals surface area (Å²) in [5.74, 6) is 0.322. The van der Waals surface area contributed by atoms with Crippen molar-refractivity contribution in [1.29, 1.82) is 0 Å². The van der Waals surface area contributed by atoms with E-state index in [0.29, 0.717) is 12.2 Å². The molecule has 0 saturated carbocycles. The van der Waals surface area contributed by atoms with Crippen LogP contribution in [0.5, 0.6) is 0 Å². The molecule has 1 unspecified atom stereocenters. The third-order valence-electron chi connectivity index (χ3n) is 4.34. The number of ketones is 1. The number of carbonyl (C=O) groups is 1. The number of rotatable bonds is 4. The number of aryl methyl sites for hydroxylation is 1. The minimum absolute atomic E-state index is 0.0933. The minimum Gasteiger partial charge on any atom is -0.298 e. The van der Waals surface area contributed by atoms with Crippen LogP contribution in [-0.4, -0.2) is 17.2 Å². The molecule has 1 aromatic carbocycles. The second kappa shape index (κ2) is 6.12. The van der Waals surface area contributed by atoms with Gasteiger partial charge < -0.3 is 0 Å². The van der Waals surface area contributed by atoms with E-state index in [0.717, 1.165) is 19.5 Å². The van der Waals surface area contributed by atoms with Gasteiger partial charge >= 0.3 is 0 Å². The summed E-state index contributed by atoms with van der Waals surface area (Å²) in [7, 11) is 0. The molecule has 1 aromatic heterocycles. The van der Waals surface area contributed by atoms with Crippen molar-refractivity contribution in [3.63, 3.8) is 0 Å². The van der Waals surface area contributed by atoms with Gasteiger partial charge in [0.05, 0.1) is 6.04 Å². The molecule has 0 spiro atoms. The van der Waals surface area contributed by atoms with Gasteiger partial charge in [0.1, 0.15) is 0 Å². The number of hydrogen-bond acceptors (Lipinski definition) is 3. The molecule has 21 heavy (non-hydrogen) atoms. The normalized spacial score (nSPS) is 16.5. The van der Waals surface area contributed by atoms with Crippen LogP contribution in [0, 0.1) is 6.92 Å². The van der Waals surface area contributed by atoms with Crippen molar-refractivity contribution in [3.8, 4) is 0 Å². The molecule has 0 fully saturated rings. The number of thiophene rings is 1. The zero-order valence-corrected chi connectivity index (χ0v) is 13.5. The molecule has 1 aliphatic heterocycles. The van der Waals surface area contributed by atoms with Gasteiger partial charge in [0.15, 0.2) is 5.78 Å². The third kappa shape index (κ3) is 2.81. The highest BCUT2D eigenvalue weighted by Crippen LogP contribution is 2.32. The largest absolute Gasteiger partial charge is 0.298 e. The van der Waals surface area contributed by atoms with Crippen LogP contribution in [0.2, 0.25) is 0 Å². The molecule has 0 bridgehead atoms. The lowest BCUT2D eigenvalue weighted by Crippen LogP contribution is -2.37. The number of benzene rings is 1. The van der Waals surface area contributed by atoms with Crippen molar-refractivity contribution < 1.29 is 4.79 Å². The molecule has 2 heterocycles. The van der Waals surface area contributed by atoms with Crippen molar-refractivity contribution >= 4 is 17.1 Å². The maximum atomic E-state index is 12.6. The molecular formula is C18H21NOS. The van der Waals surface area contributed by atoms with Crippen LogP contribution in [0.25, 0.3) is 0 Å². The van der Waals surface area contributed by atoms with E-state index in [1.165, 1.54) is 21.6 Å². The molecule has 0 aliphatic carbocycles. The van der Waals surface area contributed by atoms with Gasteiger partial charge in [-0.15, -0.1) is 11.3 Å². The van der Waals surface area contributed by atoms with Crippen LogP contribution in [0.3, 0.4) is 0 Å². The van der Waals surface area contributed by atoms with E-state index in [9.17, 15) is 4.79 Å². The number of hydrogen-bond donors (Lipinski definition) is 0. The molecular weight excluding hydrogens is 278 g/mol. The average molecular weight is 299 g/mol. The predicted octanol–water partition coefficient (Wildman–Crippen LogP) is 4.14. The lowest BCUT2D eigenvalue weighted by Gasteiger charge is -2.34. The zero-order chi connectivity index (χ0) is 14.8. The Morgan fingerprint density at radius 3 is 2.90 bits per heavy atom. The predicted molar refractivity (Wildman–Crippen MR) is 87.7 cm³/mol. The van der Waals surface area contributed by atoms with Crippen LogP contribution < -0.4 is 0 Å². The van der Waals surface area contributed by atoms with Crippen molar-refractivity contribution in [1.82, 2.24) is 4.90 Å². The van der Waals surface area contributed by atoms with E-state index in [2.05, 4.69) is 35.4 Å². The van der Waals surface area contributed by atoms with Crippen molar-refractivity contribution in [2.75, 3.05) is 6.54 Å². The van der Waals surface area contributed by atoms with Gasteiger partial charge in [-0.25, -0.2) is 0 Å². The van der Waals surface area contributed by atoms with Crippen LogP contribution in [-0.2, 0) is 17.8 Å². The van der Waals surface area contributed by atoms with Crippen molar-refractivity contribution in [2.45, 2.75) is 39.3 Å². The summed E-state index contributed by atoms with van der Waals surface area (Å²) in [6.45, 7) is 5.93. The van der Waals surface area contributed by atoms with Crippen LogP contribution in [0.4, 0.5) is 0 Å². The average Bonchev–Trinajstić information content (AvgIpc) is 2.97. The topological polar surface area (TPSA) is 20.3 Å². The smallest absolute Gasteiger partial charge is 0.154 e. The molecule has 0 radical (unpaired) electrons. The highest BCUT2D eigenvalue weighted by Gasteiger charge is 2.30. The molecule has 0 saturated heterocycles. The van der Waals surface area contributed by atoms with Gasteiger partial charge in [0.2, 0.25) is 0 Å². The Labute approximate surface area is 130 Å². The van der Waals surface area contributed by atoms with Gasteiger partial charge in [-0.2, -0.15) is 0 Å². The summed E-state index contributed by atoms with van der Waals surface area (Å²) in [6, 6.07) is 10.4. The van der Waals surface area contributed by atoms with Gasteiger partial charge in [-0.1, -0.05) is 31.2 Å². The Morgan fingerprint density at radius 2 is 2.14 bits per heavy atom. The monoisotopic (exact) mass is 299 g/mol. The second-order valence-electron chi connectivity index (χ2n) is 5.67. The third-order valence-corrected chi connectivity index (χ3v) is 5.36. The number of Topliss-reactive ketones (excluding diaryl/α,β-unsaturated/α-hetero) is 1. The highest BCUT2D eigenvalue weighted by molar-refractivity contribution is 7.10. The van der Waals surface area contributed by atoms with E-state index < -0.39 is 0 Å². The molecule has 110 valence electrons. The summed E-state index contributed by atoms with van der Waals surface area (Å²) in [6.07, 6.45) is 1.65. The minimum atomic E-state index is -0.0933. The molecule has 2 nitrogen and oxygen atoms in total. The first-order valence-corrected chi connectivity index (χ1v) is 8.46. The van der Waals surface area contributed by atoms with Gasteiger partial charge in [0.25, 0.3) is 0 Å². The lowest BCUT2D eigenvalue weighted by atomic mass is 9.93. The van der Waals surface area contributed by atoms with Gasteiger partial charge in [-0.3, -0.25) is 9.69 Å². The fraction of sp³-hybridized carbons (Fsp3) is 0.389. The Hall–Kier alpha value is -1.45. The van der Waals surface area contributed by atoms with Crippen LogP contribution >= 0.6 is 11.3 Å². The van der Waals surface area contributed by atoms with Gasteiger partial charge in [0, 0.05) is 24.4 Å². The van der Waals surface area contributed by atoms with Crippen LogP contribution in [0.15, 0.2) is 35.7 Å². The lowest BCUT2D eigenvalue weighted by molar-refractivity contribution is -0.124. The Bertz CT molecular complexity index is 646. The Balaban J connectivity index is 1.94. The Kier molecular flexibility index (Phi) is 4.22. The first-order chi connectivity index (χ1) is 10.2. The summed E-state index contributed by atoms with van der Waals surface area (Å²) < 4.78 is 0. The number of nitrogens with zero attached hydrogens (tertiary/aromatic N) is 1. The fourth-order valence-electron chi connectivity index (χ4n) is 3.15. The van der Waals surface area contributed by atoms with E-state index >= 15 is 0 Å². The standard InChI is InChI=1S/C18H21NOS/c1-3-16(20)18(15-7-5-4-6-13(15)2)19-10-8-17-14(12-19)9-11-21-17/h4-7,9,11,18H,3,8,10,12H2,1-2H3. The molecule has 0 amide bonds. The maximum Gasteiger partial charge on any atom is 0.154 e. The summed E-state index contributed by atoms with van der Waals surface area (Å²) in [5.41, 5.74) is 3.78.